The normalized spacial score (nSPS) is 12.3. The fourth-order valence-electron chi connectivity index (χ4n) is 1.33. The van der Waals surface area contributed by atoms with Crippen LogP contribution in [0.4, 0.5) is 4.39 Å². The summed E-state index contributed by atoms with van der Waals surface area (Å²) in [5.41, 5.74) is 6.21. The minimum Gasteiger partial charge on any atom is -0.340 e. The lowest BCUT2D eigenvalue weighted by molar-refractivity contribution is -0.131. The van der Waals surface area contributed by atoms with E-state index in [-0.39, 0.29) is 11.7 Å². The standard InChI is InChI=1S/C11H15FN2O/c1-8(13)11(15)14(2)7-9-4-3-5-10(12)6-9/h3-6,8H,7,13H2,1-2H3/t8-/m0/s1. The molecule has 1 aromatic carbocycles. The first-order valence-electron chi connectivity index (χ1n) is 4.75. The van der Waals surface area contributed by atoms with E-state index in [1.165, 1.54) is 17.0 Å². The molecule has 0 fully saturated rings. The zero-order chi connectivity index (χ0) is 11.4. The summed E-state index contributed by atoms with van der Waals surface area (Å²) in [6, 6.07) is 5.65. The summed E-state index contributed by atoms with van der Waals surface area (Å²) in [4.78, 5) is 12.9. The molecule has 0 aliphatic rings. The van der Waals surface area contributed by atoms with Crippen molar-refractivity contribution in [3.05, 3.63) is 35.6 Å². The summed E-state index contributed by atoms with van der Waals surface area (Å²) in [6.07, 6.45) is 0. The van der Waals surface area contributed by atoms with Crippen molar-refractivity contribution in [2.24, 2.45) is 5.73 Å². The molecule has 0 spiro atoms. The van der Waals surface area contributed by atoms with Gasteiger partial charge in [-0.1, -0.05) is 12.1 Å². The van der Waals surface area contributed by atoms with Crippen molar-refractivity contribution < 1.29 is 9.18 Å². The van der Waals surface area contributed by atoms with Gasteiger partial charge in [0.15, 0.2) is 0 Å². The predicted molar refractivity (Wildman–Crippen MR) is 56.5 cm³/mol. The summed E-state index contributed by atoms with van der Waals surface area (Å²) >= 11 is 0. The van der Waals surface area contributed by atoms with Crippen LogP contribution in [0.3, 0.4) is 0 Å². The molecule has 0 saturated carbocycles. The Bertz CT molecular complexity index is 352. The lowest BCUT2D eigenvalue weighted by Crippen LogP contribution is -2.39. The van der Waals surface area contributed by atoms with Crippen LogP contribution in [0.2, 0.25) is 0 Å². The van der Waals surface area contributed by atoms with Gasteiger partial charge in [0.05, 0.1) is 6.04 Å². The van der Waals surface area contributed by atoms with Crippen molar-refractivity contribution in [2.45, 2.75) is 19.5 Å². The zero-order valence-electron chi connectivity index (χ0n) is 8.90. The highest BCUT2D eigenvalue weighted by atomic mass is 19.1. The molecule has 0 heterocycles. The first-order chi connectivity index (χ1) is 7.00. The van der Waals surface area contributed by atoms with Crippen LogP contribution >= 0.6 is 0 Å². The Morgan fingerprint density at radius 3 is 2.80 bits per heavy atom. The number of halogens is 1. The van der Waals surface area contributed by atoms with Gasteiger partial charge in [0, 0.05) is 13.6 Å². The van der Waals surface area contributed by atoms with Crippen molar-refractivity contribution in [1.82, 2.24) is 4.90 Å². The molecular formula is C11H15FN2O. The van der Waals surface area contributed by atoms with Gasteiger partial charge >= 0.3 is 0 Å². The summed E-state index contributed by atoms with van der Waals surface area (Å²) in [7, 11) is 1.65. The number of likely N-dealkylation sites (N-methyl/N-ethyl adjacent to an activating group) is 1. The highest BCUT2D eigenvalue weighted by Crippen LogP contribution is 2.06. The van der Waals surface area contributed by atoms with Gasteiger partial charge in [-0.2, -0.15) is 0 Å². The summed E-state index contributed by atoms with van der Waals surface area (Å²) in [5.74, 6) is -0.451. The molecule has 2 N–H and O–H groups in total. The molecule has 0 aromatic heterocycles. The Morgan fingerprint density at radius 2 is 2.27 bits per heavy atom. The monoisotopic (exact) mass is 210 g/mol. The van der Waals surface area contributed by atoms with E-state index in [4.69, 9.17) is 5.73 Å². The Kier molecular flexibility index (Phi) is 3.80. The molecule has 0 aliphatic heterocycles. The fraction of sp³-hybridized carbons (Fsp3) is 0.364. The van der Waals surface area contributed by atoms with Gasteiger partial charge in [0.25, 0.3) is 0 Å². The highest BCUT2D eigenvalue weighted by molar-refractivity contribution is 5.80. The van der Waals surface area contributed by atoms with E-state index in [2.05, 4.69) is 0 Å². The number of hydrogen-bond donors (Lipinski definition) is 1. The Hall–Kier alpha value is -1.42. The van der Waals surface area contributed by atoms with E-state index in [1.54, 1.807) is 26.1 Å². The Morgan fingerprint density at radius 1 is 1.60 bits per heavy atom. The molecule has 1 aromatic rings. The second-order valence-corrected chi connectivity index (χ2v) is 3.61. The van der Waals surface area contributed by atoms with E-state index in [1.807, 2.05) is 0 Å². The molecular weight excluding hydrogens is 195 g/mol. The van der Waals surface area contributed by atoms with E-state index in [0.717, 1.165) is 5.56 Å². The van der Waals surface area contributed by atoms with Gasteiger partial charge in [-0.05, 0) is 24.6 Å². The van der Waals surface area contributed by atoms with Crippen LogP contribution in [0.1, 0.15) is 12.5 Å². The molecule has 0 aliphatic carbocycles. The summed E-state index contributed by atoms with van der Waals surface area (Å²) in [5, 5.41) is 0. The maximum Gasteiger partial charge on any atom is 0.239 e. The van der Waals surface area contributed by atoms with Gasteiger partial charge in [-0.3, -0.25) is 4.79 Å². The molecule has 1 amide bonds. The fourth-order valence-corrected chi connectivity index (χ4v) is 1.33. The molecule has 0 radical (unpaired) electrons. The van der Waals surface area contributed by atoms with Gasteiger partial charge in [-0.25, -0.2) is 4.39 Å². The lowest BCUT2D eigenvalue weighted by Gasteiger charge is -2.19. The highest BCUT2D eigenvalue weighted by Gasteiger charge is 2.13. The average Bonchev–Trinajstić information content (AvgIpc) is 2.16. The maximum atomic E-state index is 12.8. The lowest BCUT2D eigenvalue weighted by atomic mass is 10.2. The molecule has 1 rings (SSSR count). The number of carbonyl (C=O) groups excluding carboxylic acids is 1. The van der Waals surface area contributed by atoms with Crippen molar-refractivity contribution in [3.63, 3.8) is 0 Å². The number of nitrogens with two attached hydrogens (primary N) is 1. The van der Waals surface area contributed by atoms with Gasteiger partial charge in [0.2, 0.25) is 5.91 Å². The summed E-state index contributed by atoms with van der Waals surface area (Å²) in [6.45, 7) is 2.00. The third-order valence-corrected chi connectivity index (χ3v) is 2.07. The minimum absolute atomic E-state index is 0.153. The van der Waals surface area contributed by atoms with Crippen molar-refractivity contribution >= 4 is 5.91 Å². The van der Waals surface area contributed by atoms with E-state index in [9.17, 15) is 9.18 Å². The van der Waals surface area contributed by atoms with Gasteiger partial charge < -0.3 is 10.6 Å². The molecule has 4 heteroatoms. The quantitative estimate of drug-likeness (QED) is 0.813. The minimum atomic E-state index is -0.524. The van der Waals surface area contributed by atoms with Crippen molar-refractivity contribution in [2.75, 3.05) is 7.05 Å². The number of amides is 1. The van der Waals surface area contributed by atoms with Gasteiger partial charge in [0.1, 0.15) is 5.82 Å². The van der Waals surface area contributed by atoms with Crippen LogP contribution in [-0.4, -0.2) is 23.9 Å². The third-order valence-electron chi connectivity index (χ3n) is 2.07. The smallest absolute Gasteiger partial charge is 0.239 e. The predicted octanol–water partition coefficient (Wildman–Crippen LogP) is 1.13. The molecule has 3 nitrogen and oxygen atoms in total. The topological polar surface area (TPSA) is 46.3 Å². The summed E-state index contributed by atoms with van der Waals surface area (Å²) < 4.78 is 12.8. The number of carbonyl (C=O) groups is 1. The van der Waals surface area contributed by atoms with Crippen LogP contribution in [0.5, 0.6) is 0 Å². The first kappa shape index (κ1) is 11.7. The van der Waals surface area contributed by atoms with E-state index < -0.39 is 6.04 Å². The Balaban J connectivity index is 2.66. The largest absolute Gasteiger partial charge is 0.340 e. The van der Waals surface area contributed by atoms with Crippen LogP contribution in [0, 0.1) is 5.82 Å². The van der Waals surface area contributed by atoms with E-state index >= 15 is 0 Å². The molecule has 0 bridgehead atoms. The molecule has 1 atom stereocenters. The Labute approximate surface area is 88.7 Å². The number of rotatable bonds is 3. The van der Waals surface area contributed by atoms with Crippen LogP contribution in [0.25, 0.3) is 0 Å². The average molecular weight is 210 g/mol. The second kappa shape index (κ2) is 4.89. The first-order valence-corrected chi connectivity index (χ1v) is 4.75. The molecule has 0 unspecified atom stereocenters. The molecule has 0 saturated heterocycles. The molecule has 82 valence electrons. The zero-order valence-corrected chi connectivity index (χ0v) is 8.90. The number of hydrogen-bond acceptors (Lipinski definition) is 2. The van der Waals surface area contributed by atoms with Crippen LogP contribution in [-0.2, 0) is 11.3 Å². The number of nitrogens with zero attached hydrogens (tertiary/aromatic N) is 1. The molecule has 15 heavy (non-hydrogen) atoms. The SMILES string of the molecule is C[C@H](N)C(=O)N(C)Cc1cccc(F)c1. The third kappa shape index (κ3) is 3.32. The second-order valence-electron chi connectivity index (χ2n) is 3.61. The maximum absolute atomic E-state index is 12.8. The van der Waals surface area contributed by atoms with Crippen molar-refractivity contribution in [1.29, 1.82) is 0 Å². The van der Waals surface area contributed by atoms with E-state index in [0.29, 0.717) is 6.54 Å². The van der Waals surface area contributed by atoms with Crippen LogP contribution < -0.4 is 5.73 Å². The number of benzene rings is 1. The van der Waals surface area contributed by atoms with Crippen molar-refractivity contribution in [3.8, 4) is 0 Å². The van der Waals surface area contributed by atoms with Crippen LogP contribution in [0.15, 0.2) is 24.3 Å². The van der Waals surface area contributed by atoms with Gasteiger partial charge in [-0.15, -0.1) is 0 Å².